The van der Waals surface area contributed by atoms with Crippen LogP contribution in [0, 0.1) is 0 Å². The maximum Gasteiger partial charge on any atom is 0.193 e. The van der Waals surface area contributed by atoms with Crippen LogP contribution in [0.5, 0.6) is 0 Å². The zero-order chi connectivity index (χ0) is 14.1. The van der Waals surface area contributed by atoms with Crippen molar-refractivity contribution in [1.29, 1.82) is 0 Å². The van der Waals surface area contributed by atoms with Crippen LogP contribution in [0.3, 0.4) is 0 Å². The molecule has 1 fully saturated rings. The molecule has 5 nitrogen and oxygen atoms in total. The van der Waals surface area contributed by atoms with E-state index < -0.39 is 0 Å². The molecular weight excluding hydrogens is 282 g/mol. The van der Waals surface area contributed by atoms with Crippen molar-refractivity contribution in [1.82, 2.24) is 24.1 Å². The lowest BCUT2D eigenvalue weighted by atomic mass is 10.0. The van der Waals surface area contributed by atoms with Crippen LogP contribution in [-0.4, -0.2) is 36.7 Å². The Morgan fingerprint density at radius 1 is 1.29 bits per heavy atom. The van der Waals surface area contributed by atoms with E-state index in [0.717, 1.165) is 24.6 Å². The predicted molar refractivity (Wildman–Crippen MR) is 83.3 cm³/mol. The van der Waals surface area contributed by atoms with Crippen molar-refractivity contribution in [2.75, 3.05) is 6.54 Å². The Morgan fingerprint density at radius 3 is 3.14 bits per heavy atom. The molecule has 1 unspecified atom stereocenters. The number of aromatic nitrogens is 4. The zero-order valence-electron chi connectivity index (χ0n) is 11.9. The highest BCUT2D eigenvalue weighted by atomic mass is 32.1. The molecule has 4 rings (SSSR count). The SMILES string of the molecule is c1cnn(CC2CCCCN2Cc2cn3ccsc3n2)c1. The molecule has 0 saturated carbocycles. The fourth-order valence-corrected chi connectivity index (χ4v) is 3.88. The average Bonchev–Trinajstić information content (AvgIpc) is 3.17. The van der Waals surface area contributed by atoms with Gasteiger partial charge in [-0.25, -0.2) is 4.98 Å². The minimum atomic E-state index is 0.568. The summed E-state index contributed by atoms with van der Waals surface area (Å²) in [6.45, 7) is 3.09. The van der Waals surface area contributed by atoms with Crippen molar-refractivity contribution < 1.29 is 0 Å². The molecule has 1 aliphatic heterocycles. The first-order valence-electron chi connectivity index (χ1n) is 7.51. The Labute approximate surface area is 127 Å². The second-order valence-electron chi connectivity index (χ2n) is 5.67. The first kappa shape index (κ1) is 13.0. The number of rotatable bonds is 4. The van der Waals surface area contributed by atoms with Gasteiger partial charge in [0.1, 0.15) is 0 Å². The van der Waals surface area contributed by atoms with Gasteiger partial charge in [0.2, 0.25) is 0 Å². The molecule has 21 heavy (non-hydrogen) atoms. The van der Waals surface area contributed by atoms with Gasteiger partial charge < -0.3 is 0 Å². The van der Waals surface area contributed by atoms with Crippen molar-refractivity contribution in [3.05, 3.63) is 41.9 Å². The summed E-state index contributed by atoms with van der Waals surface area (Å²) in [5, 5.41) is 6.43. The number of fused-ring (bicyclic) bond motifs is 1. The van der Waals surface area contributed by atoms with Gasteiger partial charge in [0.15, 0.2) is 4.96 Å². The van der Waals surface area contributed by atoms with Gasteiger partial charge in [-0.1, -0.05) is 6.42 Å². The van der Waals surface area contributed by atoms with Gasteiger partial charge in [0, 0.05) is 42.8 Å². The van der Waals surface area contributed by atoms with E-state index in [-0.39, 0.29) is 0 Å². The van der Waals surface area contributed by atoms with Crippen molar-refractivity contribution in [2.24, 2.45) is 0 Å². The van der Waals surface area contributed by atoms with E-state index in [4.69, 9.17) is 4.98 Å². The minimum absolute atomic E-state index is 0.568. The molecule has 3 aromatic rings. The molecule has 1 saturated heterocycles. The van der Waals surface area contributed by atoms with Crippen LogP contribution < -0.4 is 0 Å². The van der Waals surface area contributed by atoms with E-state index in [2.05, 4.69) is 43.1 Å². The fourth-order valence-electron chi connectivity index (χ4n) is 3.16. The molecule has 1 atom stereocenters. The number of hydrogen-bond acceptors (Lipinski definition) is 4. The zero-order valence-corrected chi connectivity index (χ0v) is 12.7. The van der Waals surface area contributed by atoms with Crippen LogP contribution in [0.4, 0.5) is 0 Å². The van der Waals surface area contributed by atoms with E-state index in [0.29, 0.717) is 6.04 Å². The van der Waals surface area contributed by atoms with Crippen LogP contribution in [-0.2, 0) is 13.1 Å². The highest BCUT2D eigenvalue weighted by molar-refractivity contribution is 7.15. The van der Waals surface area contributed by atoms with Crippen molar-refractivity contribution in [2.45, 2.75) is 38.4 Å². The number of imidazole rings is 1. The van der Waals surface area contributed by atoms with Crippen LogP contribution in [0.15, 0.2) is 36.2 Å². The molecule has 0 spiro atoms. The molecule has 1 aliphatic rings. The van der Waals surface area contributed by atoms with Crippen LogP contribution in [0.25, 0.3) is 4.96 Å². The Bertz CT molecular complexity index is 670. The second-order valence-corrected chi connectivity index (χ2v) is 6.55. The van der Waals surface area contributed by atoms with Crippen LogP contribution >= 0.6 is 11.3 Å². The monoisotopic (exact) mass is 301 g/mol. The maximum atomic E-state index is 4.72. The average molecular weight is 301 g/mol. The Balaban J connectivity index is 1.49. The van der Waals surface area contributed by atoms with Gasteiger partial charge in [-0.05, 0) is 25.5 Å². The van der Waals surface area contributed by atoms with Crippen molar-refractivity contribution in [3.8, 4) is 0 Å². The molecule has 0 aliphatic carbocycles. The van der Waals surface area contributed by atoms with Crippen molar-refractivity contribution >= 4 is 16.3 Å². The lowest BCUT2D eigenvalue weighted by Gasteiger charge is -2.35. The molecule has 0 amide bonds. The first-order chi connectivity index (χ1) is 10.4. The minimum Gasteiger partial charge on any atom is -0.297 e. The molecular formula is C15H19N5S. The van der Waals surface area contributed by atoms with Crippen molar-refractivity contribution in [3.63, 3.8) is 0 Å². The Morgan fingerprint density at radius 2 is 2.29 bits per heavy atom. The highest BCUT2D eigenvalue weighted by Gasteiger charge is 2.23. The second kappa shape index (κ2) is 5.61. The number of nitrogens with zero attached hydrogens (tertiary/aromatic N) is 5. The molecule has 0 aromatic carbocycles. The number of piperidine rings is 1. The summed E-state index contributed by atoms with van der Waals surface area (Å²) in [6, 6.07) is 2.56. The predicted octanol–water partition coefficient (Wildman–Crippen LogP) is 2.65. The lowest BCUT2D eigenvalue weighted by Crippen LogP contribution is -2.41. The fraction of sp³-hybridized carbons (Fsp3) is 0.467. The van der Waals surface area contributed by atoms with E-state index in [1.807, 2.05) is 12.3 Å². The highest BCUT2D eigenvalue weighted by Crippen LogP contribution is 2.21. The Kier molecular flexibility index (Phi) is 3.48. The van der Waals surface area contributed by atoms with E-state index in [9.17, 15) is 0 Å². The molecule has 0 radical (unpaired) electrons. The van der Waals surface area contributed by atoms with Gasteiger partial charge >= 0.3 is 0 Å². The summed E-state index contributed by atoms with van der Waals surface area (Å²) in [5.41, 5.74) is 1.18. The van der Waals surface area contributed by atoms with Gasteiger partial charge in [-0.2, -0.15) is 5.10 Å². The van der Waals surface area contributed by atoms with Crippen LogP contribution in [0.2, 0.25) is 0 Å². The smallest absolute Gasteiger partial charge is 0.193 e. The normalized spacial score (nSPS) is 20.3. The van der Waals surface area contributed by atoms with Gasteiger partial charge in [0.25, 0.3) is 0 Å². The van der Waals surface area contributed by atoms with E-state index in [1.54, 1.807) is 11.3 Å². The molecule has 110 valence electrons. The van der Waals surface area contributed by atoms with E-state index >= 15 is 0 Å². The Hall–Kier alpha value is -1.66. The third-order valence-corrected chi connectivity index (χ3v) is 4.99. The summed E-state index contributed by atoms with van der Waals surface area (Å²) in [5.74, 6) is 0. The topological polar surface area (TPSA) is 38.4 Å². The summed E-state index contributed by atoms with van der Waals surface area (Å²) in [6.07, 6.45) is 12.0. The first-order valence-corrected chi connectivity index (χ1v) is 8.39. The third-order valence-electron chi connectivity index (χ3n) is 4.21. The summed E-state index contributed by atoms with van der Waals surface area (Å²) >= 11 is 1.69. The summed E-state index contributed by atoms with van der Waals surface area (Å²) in [7, 11) is 0. The van der Waals surface area contributed by atoms with Gasteiger partial charge in [0.05, 0.1) is 12.2 Å². The number of likely N-dealkylation sites (tertiary alicyclic amines) is 1. The van der Waals surface area contributed by atoms with E-state index in [1.165, 1.54) is 25.0 Å². The lowest BCUT2D eigenvalue weighted by molar-refractivity contribution is 0.120. The summed E-state index contributed by atoms with van der Waals surface area (Å²) in [4.78, 5) is 8.37. The maximum absolute atomic E-state index is 4.72. The summed E-state index contributed by atoms with van der Waals surface area (Å²) < 4.78 is 4.17. The molecule has 6 heteroatoms. The number of thiazole rings is 1. The molecule has 0 N–H and O–H groups in total. The largest absolute Gasteiger partial charge is 0.297 e. The number of hydrogen-bond donors (Lipinski definition) is 0. The molecule has 4 heterocycles. The third kappa shape index (κ3) is 2.73. The van der Waals surface area contributed by atoms with Gasteiger partial charge in [-0.15, -0.1) is 11.3 Å². The molecule has 3 aromatic heterocycles. The quantitative estimate of drug-likeness (QED) is 0.743. The standard InChI is InChI=1S/C15H19N5S/c1-2-6-18(14(4-1)12-20-7-3-5-16-20)10-13-11-19-8-9-21-15(19)17-13/h3,5,7-9,11,14H,1-2,4,6,10,12H2. The van der Waals surface area contributed by atoms with Crippen LogP contribution in [0.1, 0.15) is 25.0 Å². The van der Waals surface area contributed by atoms with Gasteiger partial charge in [-0.3, -0.25) is 14.0 Å². The molecule has 0 bridgehead atoms.